The topological polar surface area (TPSA) is 59.1 Å². The van der Waals surface area contributed by atoms with Crippen LogP contribution in [0.2, 0.25) is 0 Å². The van der Waals surface area contributed by atoms with Crippen LogP contribution in [0.5, 0.6) is 0 Å². The molecule has 24 heavy (non-hydrogen) atoms. The van der Waals surface area contributed by atoms with Crippen LogP contribution in [-0.4, -0.2) is 13.4 Å². The van der Waals surface area contributed by atoms with E-state index in [1.54, 1.807) is 35.6 Å². The van der Waals surface area contributed by atoms with E-state index >= 15 is 0 Å². The Labute approximate surface area is 143 Å². The standard InChI is InChI=1S/C18H14N2O2S2/c1-12-19-17-11-15(7-9-18(17)23-12)20-24(21,22)16-8-6-13-4-2-3-5-14(13)10-16/h2-11,20H,1H3. The van der Waals surface area contributed by atoms with Crippen LogP contribution >= 0.6 is 11.3 Å². The quantitative estimate of drug-likeness (QED) is 0.587. The van der Waals surface area contributed by atoms with Crippen LogP contribution in [0.4, 0.5) is 5.69 Å². The van der Waals surface area contributed by atoms with E-state index in [4.69, 9.17) is 0 Å². The third-order valence-electron chi connectivity index (χ3n) is 3.78. The fourth-order valence-corrected chi connectivity index (χ4v) is 4.55. The first-order valence-electron chi connectivity index (χ1n) is 7.40. The van der Waals surface area contributed by atoms with Crippen LogP contribution in [0.25, 0.3) is 21.0 Å². The fourth-order valence-electron chi connectivity index (χ4n) is 2.65. The monoisotopic (exact) mass is 354 g/mol. The van der Waals surface area contributed by atoms with Gasteiger partial charge in [-0.15, -0.1) is 11.3 Å². The Hall–Kier alpha value is -2.44. The van der Waals surface area contributed by atoms with E-state index in [2.05, 4.69) is 9.71 Å². The van der Waals surface area contributed by atoms with Gasteiger partial charge in [-0.05, 0) is 48.0 Å². The number of sulfonamides is 1. The molecule has 1 aromatic heterocycles. The summed E-state index contributed by atoms with van der Waals surface area (Å²) in [6, 6.07) is 18.2. The minimum Gasteiger partial charge on any atom is -0.280 e. The predicted molar refractivity (Wildman–Crippen MR) is 99.1 cm³/mol. The van der Waals surface area contributed by atoms with E-state index in [1.165, 1.54) is 0 Å². The highest BCUT2D eigenvalue weighted by atomic mass is 32.2. The Morgan fingerprint density at radius 3 is 2.58 bits per heavy atom. The normalized spacial score (nSPS) is 11.9. The molecule has 4 aromatic rings. The van der Waals surface area contributed by atoms with Crippen molar-refractivity contribution >= 4 is 48.0 Å². The lowest BCUT2D eigenvalue weighted by Crippen LogP contribution is -2.12. The van der Waals surface area contributed by atoms with Gasteiger partial charge < -0.3 is 0 Å². The number of hydrogen-bond acceptors (Lipinski definition) is 4. The lowest BCUT2D eigenvalue weighted by atomic mass is 10.1. The first-order chi connectivity index (χ1) is 11.5. The molecule has 0 saturated heterocycles. The minimum atomic E-state index is -3.64. The summed E-state index contributed by atoms with van der Waals surface area (Å²) in [5.74, 6) is 0. The Kier molecular flexibility index (Phi) is 3.51. The first-order valence-corrected chi connectivity index (χ1v) is 9.70. The molecule has 4 nitrogen and oxygen atoms in total. The van der Waals surface area contributed by atoms with Crippen molar-refractivity contribution in [2.45, 2.75) is 11.8 Å². The van der Waals surface area contributed by atoms with Crippen LogP contribution in [0.15, 0.2) is 65.6 Å². The maximum Gasteiger partial charge on any atom is 0.261 e. The van der Waals surface area contributed by atoms with Crippen molar-refractivity contribution in [2.75, 3.05) is 4.72 Å². The van der Waals surface area contributed by atoms with Gasteiger partial charge in [-0.1, -0.05) is 30.3 Å². The number of benzene rings is 3. The molecule has 3 aromatic carbocycles. The van der Waals surface area contributed by atoms with Gasteiger partial charge in [0.25, 0.3) is 10.0 Å². The number of aryl methyl sites for hydroxylation is 1. The van der Waals surface area contributed by atoms with E-state index in [9.17, 15) is 8.42 Å². The highest BCUT2D eigenvalue weighted by molar-refractivity contribution is 7.92. The summed E-state index contributed by atoms with van der Waals surface area (Å²) in [6.07, 6.45) is 0. The second kappa shape index (κ2) is 5.58. The summed E-state index contributed by atoms with van der Waals surface area (Å²) < 4.78 is 29.0. The zero-order chi connectivity index (χ0) is 16.7. The summed E-state index contributed by atoms with van der Waals surface area (Å²) in [5, 5.41) is 2.86. The molecular weight excluding hydrogens is 340 g/mol. The third kappa shape index (κ3) is 2.74. The molecular formula is C18H14N2O2S2. The maximum atomic E-state index is 12.7. The molecule has 1 N–H and O–H groups in total. The smallest absolute Gasteiger partial charge is 0.261 e. The predicted octanol–water partition coefficient (Wildman–Crippen LogP) is 4.56. The van der Waals surface area contributed by atoms with Crippen molar-refractivity contribution in [3.05, 3.63) is 65.7 Å². The Balaban J connectivity index is 1.72. The maximum absolute atomic E-state index is 12.7. The van der Waals surface area contributed by atoms with E-state index < -0.39 is 10.0 Å². The number of nitrogens with one attached hydrogen (secondary N) is 1. The van der Waals surface area contributed by atoms with Gasteiger partial charge in [0.2, 0.25) is 0 Å². The third-order valence-corrected chi connectivity index (χ3v) is 6.11. The molecule has 0 radical (unpaired) electrons. The van der Waals surface area contributed by atoms with Gasteiger partial charge in [-0.25, -0.2) is 13.4 Å². The molecule has 6 heteroatoms. The van der Waals surface area contributed by atoms with Crippen molar-refractivity contribution in [3.8, 4) is 0 Å². The average molecular weight is 354 g/mol. The second-order valence-corrected chi connectivity index (χ2v) is 8.45. The number of anilines is 1. The van der Waals surface area contributed by atoms with E-state index in [0.29, 0.717) is 5.69 Å². The number of hydrogen-bond donors (Lipinski definition) is 1. The number of fused-ring (bicyclic) bond motifs is 2. The van der Waals surface area contributed by atoms with Crippen molar-refractivity contribution in [1.29, 1.82) is 0 Å². The summed E-state index contributed by atoms with van der Waals surface area (Å²) in [6.45, 7) is 1.93. The lowest BCUT2D eigenvalue weighted by Gasteiger charge is -2.09. The Morgan fingerprint density at radius 1 is 0.958 bits per heavy atom. The second-order valence-electron chi connectivity index (χ2n) is 5.53. The fraction of sp³-hybridized carbons (Fsp3) is 0.0556. The molecule has 0 unspecified atom stereocenters. The van der Waals surface area contributed by atoms with Gasteiger partial charge in [0.05, 0.1) is 25.8 Å². The van der Waals surface area contributed by atoms with E-state index in [-0.39, 0.29) is 4.90 Å². The highest BCUT2D eigenvalue weighted by Crippen LogP contribution is 2.26. The van der Waals surface area contributed by atoms with Crippen molar-refractivity contribution < 1.29 is 8.42 Å². The Morgan fingerprint density at radius 2 is 1.75 bits per heavy atom. The number of rotatable bonds is 3. The zero-order valence-electron chi connectivity index (χ0n) is 12.9. The Bertz CT molecular complexity index is 1160. The molecule has 0 atom stereocenters. The van der Waals surface area contributed by atoms with Gasteiger partial charge in [0.15, 0.2) is 0 Å². The zero-order valence-corrected chi connectivity index (χ0v) is 14.5. The van der Waals surface area contributed by atoms with Crippen molar-refractivity contribution in [1.82, 2.24) is 4.98 Å². The largest absolute Gasteiger partial charge is 0.280 e. The summed E-state index contributed by atoms with van der Waals surface area (Å²) >= 11 is 1.59. The van der Waals surface area contributed by atoms with Gasteiger partial charge >= 0.3 is 0 Å². The summed E-state index contributed by atoms with van der Waals surface area (Å²) in [5.41, 5.74) is 1.32. The molecule has 1 heterocycles. The molecule has 0 aliphatic carbocycles. The van der Waals surface area contributed by atoms with Crippen LogP contribution in [0, 0.1) is 6.92 Å². The van der Waals surface area contributed by atoms with Gasteiger partial charge in [-0.3, -0.25) is 4.72 Å². The molecule has 0 fully saturated rings. The van der Waals surface area contributed by atoms with Crippen LogP contribution in [-0.2, 0) is 10.0 Å². The van der Waals surface area contributed by atoms with Gasteiger partial charge in [0, 0.05) is 0 Å². The number of nitrogens with zero attached hydrogens (tertiary/aromatic N) is 1. The molecule has 0 saturated carbocycles. The molecule has 4 rings (SSSR count). The van der Waals surface area contributed by atoms with Crippen molar-refractivity contribution in [3.63, 3.8) is 0 Å². The van der Waals surface area contributed by atoms with Crippen LogP contribution < -0.4 is 4.72 Å². The lowest BCUT2D eigenvalue weighted by molar-refractivity contribution is 0.601. The number of thiazole rings is 1. The first kappa shape index (κ1) is 15.1. The average Bonchev–Trinajstić information content (AvgIpc) is 2.93. The summed E-state index contributed by atoms with van der Waals surface area (Å²) in [7, 11) is -3.64. The molecule has 0 amide bonds. The van der Waals surface area contributed by atoms with E-state index in [1.807, 2.05) is 43.3 Å². The highest BCUT2D eigenvalue weighted by Gasteiger charge is 2.15. The van der Waals surface area contributed by atoms with Crippen LogP contribution in [0.3, 0.4) is 0 Å². The van der Waals surface area contributed by atoms with Crippen molar-refractivity contribution in [2.24, 2.45) is 0 Å². The molecule has 0 aliphatic rings. The molecule has 0 spiro atoms. The molecule has 120 valence electrons. The molecule has 0 bridgehead atoms. The van der Waals surface area contributed by atoms with E-state index in [0.717, 1.165) is 26.0 Å². The molecule has 0 aliphatic heterocycles. The van der Waals surface area contributed by atoms with Gasteiger partial charge in [-0.2, -0.15) is 0 Å². The number of aromatic nitrogens is 1. The minimum absolute atomic E-state index is 0.246. The SMILES string of the molecule is Cc1nc2cc(NS(=O)(=O)c3ccc4ccccc4c3)ccc2s1. The van der Waals surface area contributed by atoms with Crippen LogP contribution in [0.1, 0.15) is 5.01 Å². The van der Waals surface area contributed by atoms with Gasteiger partial charge in [0.1, 0.15) is 0 Å². The summed E-state index contributed by atoms with van der Waals surface area (Å²) in [4.78, 5) is 4.65.